The third-order valence-corrected chi connectivity index (χ3v) is 6.18. The lowest BCUT2D eigenvalue weighted by atomic mass is 9.89. The van der Waals surface area contributed by atoms with Crippen LogP contribution in [0.1, 0.15) is 40.5 Å². The predicted octanol–water partition coefficient (Wildman–Crippen LogP) is 8.80. The first kappa shape index (κ1) is 22.3. The van der Waals surface area contributed by atoms with Crippen LogP contribution in [-0.2, 0) is 25.2 Å². The number of alkyl halides is 6. The van der Waals surface area contributed by atoms with Crippen LogP contribution in [0.5, 0.6) is 0 Å². The molecule has 4 aromatic rings. The minimum absolute atomic E-state index is 0.0994. The van der Waals surface area contributed by atoms with E-state index in [1.165, 1.54) is 0 Å². The lowest BCUT2D eigenvalue weighted by molar-refractivity contribution is -0.143. The molecule has 1 aliphatic carbocycles. The van der Waals surface area contributed by atoms with Crippen LogP contribution in [0.3, 0.4) is 0 Å². The third-order valence-electron chi connectivity index (χ3n) is 6.18. The fourth-order valence-corrected chi connectivity index (χ4v) is 4.58. The maximum absolute atomic E-state index is 13.5. The Morgan fingerprint density at radius 2 is 1.53 bits per heavy atom. The largest absolute Gasteiger partial charge is 0.463 e. The van der Waals surface area contributed by atoms with Crippen molar-refractivity contribution in [2.75, 3.05) is 0 Å². The van der Waals surface area contributed by atoms with Gasteiger partial charge >= 0.3 is 12.4 Å². The number of fused-ring (bicyclic) bond motifs is 2. The van der Waals surface area contributed by atoms with E-state index in [0.29, 0.717) is 35.3 Å². The highest BCUT2D eigenvalue weighted by Crippen LogP contribution is 2.44. The van der Waals surface area contributed by atoms with Gasteiger partial charge in [-0.3, -0.25) is 0 Å². The molecule has 3 aromatic carbocycles. The van der Waals surface area contributed by atoms with Crippen molar-refractivity contribution in [1.29, 1.82) is 0 Å². The molecule has 5 rings (SSSR count). The van der Waals surface area contributed by atoms with E-state index in [0.717, 1.165) is 34.0 Å². The zero-order valence-corrected chi connectivity index (χ0v) is 17.9. The van der Waals surface area contributed by atoms with Gasteiger partial charge in [-0.1, -0.05) is 43.3 Å². The third kappa shape index (κ3) is 3.79. The molecule has 0 unspecified atom stereocenters. The van der Waals surface area contributed by atoms with E-state index in [4.69, 9.17) is 4.42 Å². The number of benzene rings is 3. The molecule has 34 heavy (non-hydrogen) atoms. The fraction of sp³-hybridized carbons (Fsp3) is 0.185. The fourth-order valence-electron chi connectivity index (χ4n) is 4.58. The topological polar surface area (TPSA) is 13.1 Å². The monoisotopic (exact) mass is 472 g/mol. The second-order valence-electron chi connectivity index (χ2n) is 8.32. The molecule has 0 amide bonds. The highest BCUT2D eigenvalue weighted by molar-refractivity contribution is 6.01. The van der Waals surface area contributed by atoms with Crippen molar-refractivity contribution in [3.63, 3.8) is 0 Å². The summed E-state index contributed by atoms with van der Waals surface area (Å²) in [5.74, 6) is 0.649. The Balaban J connectivity index is 1.73. The molecule has 1 aromatic heterocycles. The molecular weight excluding hydrogens is 454 g/mol. The molecule has 0 bridgehead atoms. The van der Waals surface area contributed by atoms with Crippen LogP contribution in [0.25, 0.3) is 33.5 Å². The van der Waals surface area contributed by atoms with Gasteiger partial charge in [-0.25, -0.2) is 0 Å². The summed E-state index contributed by atoms with van der Waals surface area (Å²) >= 11 is 0. The Morgan fingerprint density at radius 3 is 2.18 bits per heavy atom. The number of aryl methyl sites for hydroxylation is 1. The van der Waals surface area contributed by atoms with Gasteiger partial charge in [0.1, 0.15) is 5.76 Å². The first-order chi connectivity index (χ1) is 16.1. The highest BCUT2D eigenvalue weighted by atomic mass is 19.4. The van der Waals surface area contributed by atoms with Crippen molar-refractivity contribution >= 4 is 22.4 Å². The Labute approximate surface area is 191 Å². The van der Waals surface area contributed by atoms with Crippen LogP contribution >= 0.6 is 0 Å². The van der Waals surface area contributed by atoms with Crippen molar-refractivity contribution in [1.82, 2.24) is 0 Å². The predicted molar refractivity (Wildman–Crippen MR) is 119 cm³/mol. The van der Waals surface area contributed by atoms with Crippen molar-refractivity contribution in [2.45, 2.75) is 32.1 Å². The van der Waals surface area contributed by atoms with E-state index in [9.17, 15) is 26.3 Å². The zero-order valence-electron chi connectivity index (χ0n) is 17.9. The summed E-state index contributed by atoms with van der Waals surface area (Å²) in [7, 11) is 0. The normalized spacial score (nSPS) is 13.9. The van der Waals surface area contributed by atoms with Crippen molar-refractivity contribution in [2.24, 2.45) is 0 Å². The second kappa shape index (κ2) is 7.79. The molecule has 174 valence electrons. The number of hydrogen-bond donors (Lipinski definition) is 0. The van der Waals surface area contributed by atoms with E-state index in [2.05, 4.69) is 0 Å². The Morgan fingerprint density at radius 1 is 0.853 bits per heavy atom. The molecule has 1 aliphatic rings. The van der Waals surface area contributed by atoms with E-state index >= 15 is 0 Å². The summed E-state index contributed by atoms with van der Waals surface area (Å²) in [5, 5.41) is 1.81. The molecule has 0 aliphatic heterocycles. The van der Waals surface area contributed by atoms with E-state index in [-0.39, 0.29) is 11.6 Å². The van der Waals surface area contributed by atoms with E-state index < -0.39 is 23.5 Å². The van der Waals surface area contributed by atoms with Crippen molar-refractivity contribution in [3.8, 4) is 11.1 Å². The van der Waals surface area contributed by atoms with Gasteiger partial charge in [0.2, 0.25) is 0 Å². The number of halogens is 6. The summed E-state index contributed by atoms with van der Waals surface area (Å²) in [5.41, 5.74) is 0.602. The molecule has 1 nitrogen and oxygen atoms in total. The minimum atomic E-state index is -4.91. The molecule has 0 saturated carbocycles. The van der Waals surface area contributed by atoms with Crippen LogP contribution in [-0.4, -0.2) is 0 Å². The molecule has 0 atom stereocenters. The molecule has 0 fully saturated rings. The van der Waals surface area contributed by atoms with E-state index in [1.807, 2.05) is 43.3 Å². The molecule has 7 heteroatoms. The number of rotatable bonds is 3. The van der Waals surface area contributed by atoms with Gasteiger partial charge in [-0.05, 0) is 58.5 Å². The average molecular weight is 472 g/mol. The van der Waals surface area contributed by atoms with E-state index in [1.54, 1.807) is 12.3 Å². The van der Waals surface area contributed by atoms with Gasteiger partial charge in [0.15, 0.2) is 0 Å². The van der Waals surface area contributed by atoms with Gasteiger partial charge < -0.3 is 4.42 Å². The van der Waals surface area contributed by atoms with Crippen molar-refractivity contribution < 1.29 is 30.8 Å². The van der Waals surface area contributed by atoms with Crippen LogP contribution in [0.4, 0.5) is 26.3 Å². The van der Waals surface area contributed by atoms with Gasteiger partial charge in [0.25, 0.3) is 0 Å². The maximum Gasteiger partial charge on any atom is 0.416 e. The molecule has 0 saturated heterocycles. The number of furan rings is 1. The SMILES string of the molecule is CCc1ccc2c(c1-c1cc(C(F)(F)F)cc(C(F)(F)F)c1)C=C(c1occ3ccccc13)C2. The Bertz CT molecular complexity index is 1400. The van der Waals surface area contributed by atoms with Crippen molar-refractivity contribution in [3.05, 3.63) is 94.4 Å². The average Bonchev–Trinajstić information content (AvgIpc) is 3.40. The highest BCUT2D eigenvalue weighted by Gasteiger charge is 2.37. The number of allylic oxidation sites excluding steroid dienone is 1. The standard InChI is InChI=1S/C27H18F6O/c1-2-15-7-8-16-9-19(25-22-6-4-3-5-17(22)14-34-25)12-23(16)24(15)18-10-20(26(28,29)30)13-21(11-18)27(31,32)33/h3-8,10-14H,2,9H2,1H3. The Hall–Kier alpha value is -3.48. The van der Waals surface area contributed by atoms with Crippen LogP contribution < -0.4 is 0 Å². The summed E-state index contributed by atoms with van der Waals surface area (Å²) in [6.45, 7) is 1.82. The molecule has 1 heterocycles. The summed E-state index contributed by atoms with van der Waals surface area (Å²) in [4.78, 5) is 0. The van der Waals surface area contributed by atoms with Gasteiger partial charge in [-0.2, -0.15) is 26.3 Å². The quantitative estimate of drug-likeness (QED) is 0.272. The first-order valence-corrected chi connectivity index (χ1v) is 10.7. The molecular formula is C27H18F6O. The molecule has 0 radical (unpaired) electrons. The smallest absolute Gasteiger partial charge is 0.416 e. The van der Waals surface area contributed by atoms with Crippen LogP contribution in [0, 0.1) is 0 Å². The second-order valence-corrected chi connectivity index (χ2v) is 8.32. The maximum atomic E-state index is 13.5. The molecule has 0 N–H and O–H groups in total. The lowest BCUT2D eigenvalue weighted by Gasteiger charge is -2.18. The van der Waals surface area contributed by atoms with Gasteiger partial charge in [0, 0.05) is 22.8 Å². The van der Waals surface area contributed by atoms with Crippen LogP contribution in [0.15, 0.2) is 65.3 Å². The lowest BCUT2D eigenvalue weighted by Crippen LogP contribution is -2.11. The molecule has 0 spiro atoms. The van der Waals surface area contributed by atoms with Gasteiger partial charge in [-0.15, -0.1) is 0 Å². The first-order valence-electron chi connectivity index (χ1n) is 10.7. The van der Waals surface area contributed by atoms with Crippen LogP contribution in [0.2, 0.25) is 0 Å². The summed E-state index contributed by atoms with van der Waals surface area (Å²) in [6, 6.07) is 13.0. The number of hydrogen-bond acceptors (Lipinski definition) is 1. The zero-order chi connectivity index (χ0) is 24.3. The summed E-state index contributed by atoms with van der Waals surface area (Å²) < 4.78 is 86.9. The summed E-state index contributed by atoms with van der Waals surface area (Å²) in [6.07, 6.45) is -5.44. The minimum Gasteiger partial charge on any atom is -0.463 e. The van der Waals surface area contributed by atoms with Gasteiger partial charge in [0.05, 0.1) is 17.4 Å². The Kier molecular flexibility index (Phi) is 5.11.